The highest BCUT2D eigenvalue weighted by molar-refractivity contribution is 7.00. The van der Waals surface area contributed by atoms with Crippen LogP contribution in [0.4, 0.5) is 34.1 Å². The van der Waals surface area contributed by atoms with Gasteiger partial charge >= 0.3 is 0 Å². The number of hydrogen-bond donors (Lipinski definition) is 0. The average molecular weight is 899 g/mol. The molecule has 3 heteroatoms. The van der Waals surface area contributed by atoms with E-state index < -0.39 is 0 Å². The summed E-state index contributed by atoms with van der Waals surface area (Å²) in [6.45, 7) is -0.0675. The van der Waals surface area contributed by atoms with Crippen LogP contribution in [0.25, 0.3) is 87.2 Å². The molecule has 0 spiro atoms. The maximum atomic E-state index is 2.56. The standard InChI is InChI=1S/C68H43BN2/c1-3-13-44(14-4-1)47-25-29-60(30-26-47)70-64-40-57-36-52-21-11-9-19-50(52)34-55(57)38-62(64)69-63-39-56-35-51-20-10-12-22-53(51)37-58(56)41-65(63)71(61-31-27-48(28-32-61)45-15-5-2-6-16-45)67-43-59(42-66(70)68(67)69)54-24-23-46-17-7-8-18-49(46)33-54/h1-43H. The molecule has 0 radical (unpaired) electrons. The summed E-state index contributed by atoms with van der Waals surface area (Å²) in [5, 5.41) is 12.4. The van der Waals surface area contributed by atoms with E-state index in [9.17, 15) is 0 Å². The summed E-state index contributed by atoms with van der Waals surface area (Å²) in [5.41, 5.74) is 18.1. The number of nitrogens with zero attached hydrogens (tertiary/aromatic N) is 2. The smallest absolute Gasteiger partial charge is 0.252 e. The minimum atomic E-state index is -0.0675. The van der Waals surface area contributed by atoms with Crippen molar-refractivity contribution in [3.05, 3.63) is 261 Å². The van der Waals surface area contributed by atoms with E-state index in [4.69, 9.17) is 0 Å². The quantitative estimate of drug-likeness (QED) is 0.125. The van der Waals surface area contributed by atoms with Crippen molar-refractivity contribution in [2.75, 3.05) is 9.80 Å². The minimum absolute atomic E-state index is 0.0675. The van der Waals surface area contributed by atoms with Gasteiger partial charge in [0.05, 0.1) is 0 Å². The highest BCUT2D eigenvalue weighted by Gasteiger charge is 2.44. The first kappa shape index (κ1) is 39.8. The van der Waals surface area contributed by atoms with E-state index >= 15 is 0 Å². The fourth-order valence-electron chi connectivity index (χ4n) is 11.8. The summed E-state index contributed by atoms with van der Waals surface area (Å²) in [6.07, 6.45) is 0. The third kappa shape index (κ3) is 6.44. The number of fused-ring (bicyclic) bond motifs is 9. The molecule has 0 saturated carbocycles. The highest BCUT2D eigenvalue weighted by atomic mass is 15.2. The molecule has 0 aliphatic carbocycles. The second kappa shape index (κ2) is 15.7. The van der Waals surface area contributed by atoms with Crippen LogP contribution in [0.5, 0.6) is 0 Å². The Hall–Kier alpha value is -9.18. The van der Waals surface area contributed by atoms with Gasteiger partial charge in [-0.1, -0.05) is 182 Å². The Kier molecular flexibility index (Phi) is 8.79. The van der Waals surface area contributed by atoms with Crippen LogP contribution in [0.1, 0.15) is 0 Å². The first-order chi connectivity index (χ1) is 35.1. The monoisotopic (exact) mass is 898 g/mol. The molecule has 0 saturated heterocycles. The van der Waals surface area contributed by atoms with Crippen LogP contribution in [0.2, 0.25) is 0 Å². The lowest BCUT2D eigenvalue weighted by molar-refractivity contribution is 1.26. The Bertz CT molecular complexity index is 4040. The zero-order chi connectivity index (χ0) is 46.6. The van der Waals surface area contributed by atoms with E-state index in [-0.39, 0.29) is 6.71 Å². The fourth-order valence-corrected chi connectivity index (χ4v) is 11.8. The summed E-state index contributed by atoms with van der Waals surface area (Å²) < 4.78 is 0. The van der Waals surface area contributed by atoms with Gasteiger partial charge in [-0.15, -0.1) is 0 Å². The van der Waals surface area contributed by atoms with E-state index in [0.29, 0.717) is 0 Å². The van der Waals surface area contributed by atoms with Gasteiger partial charge in [-0.05, 0) is 182 Å². The molecule has 0 unspecified atom stereocenters. The van der Waals surface area contributed by atoms with E-state index in [1.807, 2.05) is 0 Å². The minimum Gasteiger partial charge on any atom is -0.311 e. The fraction of sp³-hybridized carbons (Fsp3) is 0. The number of rotatable bonds is 5. The van der Waals surface area contributed by atoms with Crippen LogP contribution in [0.3, 0.4) is 0 Å². The molecule has 0 N–H and O–H groups in total. The zero-order valence-corrected chi connectivity index (χ0v) is 38.8. The second-order valence-electron chi connectivity index (χ2n) is 19.3. The molecule has 0 aromatic heterocycles. The molecule has 0 atom stereocenters. The average Bonchev–Trinajstić information content (AvgIpc) is 3.43. The normalized spacial score (nSPS) is 12.7. The molecule has 0 bridgehead atoms. The van der Waals surface area contributed by atoms with Gasteiger partial charge in [-0.3, -0.25) is 0 Å². The van der Waals surface area contributed by atoms with Crippen LogP contribution in [-0.4, -0.2) is 6.71 Å². The summed E-state index contributed by atoms with van der Waals surface area (Å²) >= 11 is 0. The van der Waals surface area contributed by atoms with Crippen molar-refractivity contribution < 1.29 is 0 Å². The topological polar surface area (TPSA) is 6.48 Å². The third-order valence-electron chi connectivity index (χ3n) is 15.3. The van der Waals surface area contributed by atoms with Gasteiger partial charge in [-0.2, -0.15) is 0 Å². The molecule has 71 heavy (non-hydrogen) atoms. The van der Waals surface area contributed by atoms with Gasteiger partial charge in [0.15, 0.2) is 0 Å². The van der Waals surface area contributed by atoms with E-state index in [2.05, 4.69) is 271 Å². The maximum absolute atomic E-state index is 2.56. The number of benzene rings is 13. The third-order valence-corrected chi connectivity index (χ3v) is 15.3. The van der Waals surface area contributed by atoms with E-state index in [1.165, 1.54) is 126 Å². The van der Waals surface area contributed by atoms with Gasteiger partial charge in [0.2, 0.25) is 0 Å². The second-order valence-corrected chi connectivity index (χ2v) is 19.3. The van der Waals surface area contributed by atoms with Crippen LogP contribution < -0.4 is 26.2 Å². The molecule has 2 aliphatic heterocycles. The molecule has 13 aromatic rings. The predicted octanol–water partition coefficient (Wildman–Crippen LogP) is 16.5. The van der Waals surface area contributed by atoms with Gasteiger partial charge in [0, 0.05) is 34.1 Å². The van der Waals surface area contributed by atoms with Crippen molar-refractivity contribution in [2.24, 2.45) is 0 Å². The van der Waals surface area contributed by atoms with Crippen molar-refractivity contribution in [1.82, 2.24) is 0 Å². The highest BCUT2D eigenvalue weighted by Crippen LogP contribution is 2.48. The Morgan fingerprint density at radius 1 is 0.211 bits per heavy atom. The zero-order valence-electron chi connectivity index (χ0n) is 38.8. The van der Waals surface area contributed by atoms with Crippen molar-refractivity contribution in [3.8, 4) is 33.4 Å². The molecule has 2 aliphatic rings. The first-order valence-corrected chi connectivity index (χ1v) is 24.7. The van der Waals surface area contributed by atoms with Crippen molar-refractivity contribution in [1.29, 1.82) is 0 Å². The van der Waals surface area contributed by atoms with Gasteiger partial charge in [-0.25, -0.2) is 0 Å². The van der Waals surface area contributed by atoms with Gasteiger partial charge < -0.3 is 9.80 Å². The molecule has 2 nitrogen and oxygen atoms in total. The predicted molar refractivity (Wildman–Crippen MR) is 304 cm³/mol. The SMILES string of the molecule is c1ccc(-c2ccc(N3c4cc5cc6ccccc6cc5cc4B4c5cc6cc7ccccc7cc6cc5N(c5ccc(-c6ccccc6)cc5)c5cc(-c6ccc7ccccc7c6)cc3c54)cc2)cc1. The summed E-state index contributed by atoms with van der Waals surface area (Å²) in [7, 11) is 0. The first-order valence-electron chi connectivity index (χ1n) is 24.7. The molecule has 13 aromatic carbocycles. The Labute approximate surface area is 413 Å². The lowest BCUT2D eigenvalue weighted by atomic mass is 9.33. The molecular weight excluding hydrogens is 856 g/mol. The van der Waals surface area contributed by atoms with Crippen LogP contribution in [0.15, 0.2) is 261 Å². The molecule has 0 amide bonds. The van der Waals surface area contributed by atoms with Crippen molar-refractivity contribution in [3.63, 3.8) is 0 Å². The Morgan fingerprint density at radius 3 is 1.00 bits per heavy atom. The summed E-state index contributed by atoms with van der Waals surface area (Å²) in [4.78, 5) is 5.13. The van der Waals surface area contributed by atoms with E-state index in [1.54, 1.807) is 0 Å². The molecule has 2 heterocycles. The summed E-state index contributed by atoms with van der Waals surface area (Å²) in [6, 6.07) is 97.5. The lowest BCUT2D eigenvalue weighted by Gasteiger charge is -2.44. The Balaban J connectivity index is 1.06. The maximum Gasteiger partial charge on any atom is 0.252 e. The molecule has 15 rings (SSSR count). The van der Waals surface area contributed by atoms with Gasteiger partial charge in [0.25, 0.3) is 6.71 Å². The molecular formula is C68H43BN2. The van der Waals surface area contributed by atoms with Crippen LogP contribution >= 0.6 is 0 Å². The Morgan fingerprint density at radius 2 is 0.563 bits per heavy atom. The van der Waals surface area contributed by atoms with Crippen LogP contribution in [-0.2, 0) is 0 Å². The molecule has 328 valence electrons. The lowest BCUT2D eigenvalue weighted by Crippen LogP contribution is -2.61. The van der Waals surface area contributed by atoms with Crippen LogP contribution in [0, 0.1) is 0 Å². The van der Waals surface area contributed by atoms with Crippen molar-refractivity contribution >= 4 is 111 Å². The largest absolute Gasteiger partial charge is 0.311 e. The molecule has 0 fully saturated rings. The van der Waals surface area contributed by atoms with E-state index in [0.717, 1.165) is 11.4 Å². The van der Waals surface area contributed by atoms with Gasteiger partial charge in [0.1, 0.15) is 0 Å². The number of anilines is 6. The summed E-state index contributed by atoms with van der Waals surface area (Å²) in [5.74, 6) is 0. The van der Waals surface area contributed by atoms with Crippen molar-refractivity contribution in [2.45, 2.75) is 0 Å². The number of hydrogen-bond acceptors (Lipinski definition) is 2.